The number of carbonyl (C=O) groups is 2. The third-order valence-corrected chi connectivity index (χ3v) is 5.72. The lowest BCUT2D eigenvalue weighted by atomic mass is 10.1. The van der Waals surface area contributed by atoms with Crippen LogP contribution in [0, 0.1) is 11.8 Å². The second-order valence-electron chi connectivity index (χ2n) is 7.03. The first-order chi connectivity index (χ1) is 11.6. The summed E-state index contributed by atoms with van der Waals surface area (Å²) in [5.41, 5.74) is 1.13. The van der Waals surface area contributed by atoms with Crippen molar-refractivity contribution >= 4 is 23.6 Å². The van der Waals surface area contributed by atoms with Crippen molar-refractivity contribution < 1.29 is 9.59 Å². The number of amides is 2. The summed E-state index contributed by atoms with van der Waals surface area (Å²) in [4.78, 5) is 31.1. The van der Waals surface area contributed by atoms with Crippen molar-refractivity contribution in [1.29, 1.82) is 0 Å². The number of hydrogen-bond acceptors (Lipinski definition) is 4. The predicted octanol–water partition coefficient (Wildman–Crippen LogP) is 2.25. The van der Waals surface area contributed by atoms with Gasteiger partial charge in [-0.25, -0.2) is 0 Å². The van der Waals surface area contributed by atoms with Crippen LogP contribution in [0.15, 0.2) is 24.5 Å². The molecule has 2 aliphatic rings. The Labute approximate surface area is 147 Å². The summed E-state index contributed by atoms with van der Waals surface area (Å²) in [5.74, 6) is 2.28. The molecule has 6 heteroatoms. The van der Waals surface area contributed by atoms with Gasteiger partial charge in [-0.1, -0.05) is 19.9 Å². The molecule has 0 spiro atoms. The Kier molecular flexibility index (Phi) is 5.43. The van der Waals surface area contributed by atoms with E-state index in [1.807, 2.05) is 18.3 Å². The Morgan fingerprint density at radius 2 is 2.29 bits per heavy atom. The maximum absolute atomic E-state index is 12.8. The van der Waals surface area contributed by atoms with Crippen LogP contribution < -0.4 is 5.32 Å². The molecule has 3 atom stereocenters. The van der Waals surface area contributed by atoms with E-state index in [1.165, 1.54) is 0 Å². The average Bonchev–Trinajstić information content (AvgIpc) is 3.22. The molecule has 1 N–H and O–H groups in total. The molecular weight excluding hydrogens is 322 g/mol. The van der Waals surface area contributed by atoms with E-state index in [0.717, 1.165) is 18.4 Å². The summed E-state index contributed by atoms with van der Waals surface area (Å²) >= 11 is 1.66. The van der Waals surface area contributed by atoms with Crippen molar-refractivity contribution in [3.63, 3.8) is 0 Å². The zero-order chi connectivity index (χ0) is 17.1. The SMILES string of the molecule is CC(C)CCNC(=O)[C@@H]1CSCN1C(=O)[C@@H]1C[C@@H]1c1cccnc1. The first kappa shape index (κ1) is 17.3. The maximum atomic E-state index is 12.8. The van der Waals surface area contributed by atoms with E-state index < -0.39 is 0 Å². The fraction of sp³-hybridized carbons (Fsp3) is 0.611. The summed E-state index contributed by atoms with van der Waals surface area (Å²) in [7, 11) is 0. The molecule has 0 radical (unpaired) electrons. The van der Waals surface area contributed by atoms with Crippen LogP contribution in [-0.2, 0) is 9.59 Å². The molecule has 2 amide bonds. The number of hydrogen-bond donors (Lipinski definition) is 1. The van der Waals surface area contributed by atoms with E-state index in [1.54, 1.807) is 22.9 Å². The van der Waals surface area contributed by atoms with Crippen LogP contribution in [0.5, 0.6) is 0 Å². The molecule has 5 nitrogen and oxygen atoms in total. The fourth-order valence-electron chi connectivity index (χ4n) is 3.12. The Balaban J connectivity index is 1.56. The van der Waals surface area contributed by atoms with Crippen LogP contribution in [0.1, 0.15) is 38.2 Å². The minimum absolute atomic E-state index is 0.00687. The van der Waals surface area contributed by atoms with Crippen LogP contribution in [0.25, 0.3) is 0 Å². The van der Waals surface area contributed by atoms with Gasteiger partial charge in [0, 0.05) is 30.6 Å². The molecule has 1 aromatic rings. The molecule has 1 saturated carbocycles. The van der Waals surface area contributed by atoms with Crippen LogP contribution in [-0.4, -0.2) is 45.9 Å². The Bertz CT molecular complexity index is 593. The van der Waals surface area contributed by atoms with E-state index >= 15 is 0 Å². The lowest BCUT2D eigenvalue weighted by molar-refractivity contribution is -0.139. The van der Waals surface area contributed by atoms with Crippen molar-refractivity contribution in [2.45, 2.75) is 38.6 Å². The van der Waals surface area contributed by atoms with E-state index in [2.05, 4.69) is 24.1 Å². The molecule has 3 rings (SSSR count). The number of rotatable bonds is 6. The van der Waals surface area contributed by atoms with Crippen molar-refractivity contribution in [3.05, 3.63) is 30.1 Å². The second-order valence-corrected chi connectivity index (χ2v) is 8.03. The van der Waals surface area contributed by atoms with Crippen LogP contribution in [0.4, 0.5) is 0 Å². The van der Waals surface area contributed by atoms with Crippen LogP contribution >= 0.6 is 11.8 Å². The topological polar surface area (TPSA) is 62.3 Å². The molecule has 130 valence electrons. The third-order valence-electron chi connectivity index (χ3n) is 4.71. The van der Waals surface area contributed by atoms with Gasteiger partial charge in [0.1, 0.15) is 6.04 Å². The molecule has 0 bridgehead atoms. The molecule has 0 unspecified atom stereocenters. The standard InChI is InChI=1S/C18H25N3O2S/c1-12(2)5-7-20-17(22)16-10-24-11-21(16)18(23)15-8-14(15)13-4-3-6-19-9-13/h3-4,6,9,12,14-16H,5,7-8,10-11H2,1-2H3,(H,20,22)/t14-,15-,16+/m1/s1. The van der Waals surface area contributed by atoms with E-state index in [4.69, 9.17) is 0 Å². The fourth-order valence-corrected chi connectivity index (χ4v) is 4.29. The van der Waals surface area contributed by atoms with Gasteiger partial charge in [0.2, 0.25) is 11.8 Å². The number of carbonyl (C=O) groups excluding carboxylic acids is 2. The van der Waals surface area contributed by atoms with Crippen molar-refractivity contribution in [2.75, 3.05) is 18.2 Å². The lowest BCUT2D eigenvalue weighted by Crippen LogP contribution is -2.48. The number of nitrogens with zero attached hydrogens (tertiary/aromatic N) is 2. The van der Waals surface area contributed by atoms with Gasteiger partial charge in [0.15, 0.2) is 0 Å². The van der Waals surface area contributed by atoms with Gasteiger partial charge in [-0.15, -0.1) is 11.8 Å². The van der Waals surface area contributed by atoms with E-state index in [0.29, 0.717) is 24.1 Å². The normalized spacial score (nSPS) is 25.8. The van der Waals surface area contributed by atoms with Crippen LogP contribution in [0.3, 0.4) is 0 Å². The molecule has 0 aromatic carbocycles. The monoisotopic (exact) mass is 347 g/mol. The minimum atomic E-state index is -0.315. The highest BCUT2D eigenvalue weighted by atomic mass is 32.2. The quantitative estimate of drug-likeness (QED) is 0.857. The van der Waals surface area contributed by atoms with Gasteiger partial charge in [-0.3, -0.25) is 14.6 Å². The Morgan fingerprint density at radius 1 is 1.46 bits per heavy atom. The highest BCUT2D eigenvalue weighted by Gasteiger charge is 2.48. The van der Waals surface area contributed by atoms with Gasteiger partial charge in [0.05, 0.1) is 5.88 Å². The zero-order valence-corrected chi connectivity index (χ0v) is 15.1. The Morgan fingerprint density at radius 3 is 3.00 bits per heavy atom. The van der Waals surface area contributed by atoms with Gasteiger partial charge in [-0.05, 0) is 36.3 Å². The highest BCUT2D eigenvalue weighted by molar-refractivity contribution is 7.99. The molecule has 1 aliphatic carbocycles. The highest BCUT2D eigenvalue weighted by Crippen LogP contribution is 2.49. The summed E-state index contributed by atoms with van der Waals surface area (Å²) in [6.45, 7) is 4.96. The van der Waals surface area contributed by atoms with Gasteiger partial charge in [0.25, 0.3) is 0 Å². The second kappa shape index (κ2) is 7.55. The first-order valence-electron chi connectivity index (χ1n) is 8.63. The molecule has 1 aromatic heterocycles. The van der Waals surface area contributed by atoms with Crippen molar-refractivity contribution in [2.24, 2.45) is 11.8 Å². The van der Waals surface area contributed by atoms with E-state index in [-0.39, 0.29) is 29.7 Å². The lowest BCUT2D eigenvalue weighted by Gasteiger charge is -2.23. The van der Waals surface area contributed by atoms with Crippen molar-refractivity contribution in [3.8, 4) is 0 Å². The summed E-state index contributed by atoms with van der Waals surface area (Å²) in [6, 6.07) is 3.62. The molecular formula is C18H25N3O2S. The predicted molar refractivity (Wildman–Crippen MR) is 95.5 cm³/mol. The van der Waals surface area contributed by atoms with Gasteiger partial charge >= 0.3 is 0 Å². The van der Waals surface area contributed by atoms with Gasteiger partial charge in [-0.2, -0.15) is 0 Å². The van der Waals surface area contributed by atoms with E-state index in [9.17, 15) is 9.59 Å². The summed E-state index contributed by atoms with van der Waals surface area (Å²) in [6.07, 6.45) is 5.42. The largest absolute Gasteiger partial charge is 0.354 e. The number of thioether (sulfide) groups is 1. The smallest absolute Gasteiger partial charge is 0.243 e. The summed E-state index contributed by atoms with van der Waals surface area (Å²) in [5, 5.41) is 2.99. The van der Waals surface area contributed by atoms with Gasteiger partial charge < -0.3 is 10.2 Å². The summed E-state index contributed by atoms with van der Waals surface area (Å²) < 4.78 is 0. The molecule has 2 fully saturated rings. The number of aromatic nitrogens is 1. The maximum Gasteiger partial charge on any atom is 0.243 e. The average molecular weight is 347 g/mol. The number of nitrogens with one attached hydrogen (secondary N) is 1. The molecule has 1 saturated heterocycles. The molecule has 1 aliphatic heterocycles. The third kappa shape index (κ3) is 3.91. The first-order valence-corrected chi connectivity index (χ1v) is 9.79. The zero-order valence-electron chi connectivity index (χ0n) is 14.3. The van der Waals surface area contributed by atoms with Crippen LogP contribution in [0.2, 0.25) is 0 Å². The van der Waals surface area contributed by atoms with Crippen molar-refractivity contribution in [1.82, 2.24) is 15.2 Å². The molecule has 24 heavy (non-hydrogen) atoms. The minimum Gasteiger partial charge on any atom is -0.354 e. The number of pyridine rings is 1. The Hall–Kier alpha value is -1.56. The molecule has 2 heterocycles.